The van der Waals surface area contributed by atoms with Crippen molar-refractivity contribution in [1.29, 1.82) is 0 Å². The molecule has 6 nitrogen and oxygen atoms in total. The van der Waals surface area contributed by atoms with E-state index < -0.39 is 5.54 Å². The Balaban J connectivity index is 1.06. The lowest BCUT2D eigenvalue weighted by atomic mass is 9.95. The standard InChI is InChI=1S/C32H32N4O2/c37-30(27-11-12-27)35-18-13-22(14-19-35)21-36-29(34-32(15-16-32)31(36)38)26-9-7-24(8-10-26)23-3-5-25(6-4-23)28-2-1-17-33-20-28/h1-10,17,20,22,27H,11-16,18-19,21H2. The average Bonchev–Trinajstić information content (AvgIpc) is 3.91. The first-order valence-electron chi connectivity index (χ1n) is 13.9. The molecule has 2 aliphatic heterocycles. The molecule has 1 saturated heterocycles. The van der Waals surface area contributed by atoms with Gasteiger partial charge in [-0.15, -0.1) is 0 Å². The topological polar surface area (TPSA) is 65.9 Å². The molecule has 3 fully saturated rings. The van der Waals surface area contributed by atoms with Crippen molar-refractivity contribution in [2.45, 2.75) is 44.1 Å². The van der Waals surface area contributed by atoms with Crippen LogP contribution in [0.1, 0.15) is 44.1 Å². The van der Waals surface area contributed by atoms with Gasteiger partial charge in [-0.2, -0.15) is 0 Å². The molecule has 2 aliphatic carbocycles. The lowest BCUT2D eigenvalue weighted by Crippen LogP contribution is -2.45. The van der Waals surface area contributed by atoms with E-state index >= 15 is 0 Å². The summed E-state index contributed by atoms with van der Waals surface area (Å²) in [6, 6.07) is 21.0. The Kier molecular flexibility index (Phi) is 5.64. The van der Waals surface area contributed by atoms with Gasteiger partial charge >= 0.3 is 0 Å². The summed E-state index contributed by atoms with van der Waals surface area (Å²) in [5, 5.41) is 0. The van der Waals surface area contributed by atoms with Crippen LogP contribution in [0, 0.1) is 11.8 Å². The van der Waals surface area contributed by atoms with Crippen molar-refractivity contribution in [3.63, 3.8) is 0 Å². The highest BCUT2D eigenvalue weighted by Gasteiger charge is 2.57. The number of aliphatic imine (C=N–C) groups is 1. The highest BCUT2D eigenvalue weighted by Crippen LogP contribution is 2.46. The molecule has 3 heterocycles. The van der Waals surface area contributed by atoms with Crippen molar-refractivity contribution in [2.75, 3.05) is 19.6 Å². The number of hydrogen-bond acceptors (Lipinski definition) is 4. The van der Waals surface area contributed by atoms with Crippen molar-refractivity contribution >= 4 is 17.6 Å². The molecule has 7 rings (SSSR count). The molecule has 2 amide bonds. The molecular formula is C32H32N4O2. The van der Waals surface area contributed by atoms with Crippen LogP contribution in [0.3, 0.4) is 0 Å². The number of amides is 2. The van der Waals surface area contributed by atoms with Crippen LogP contribution in [0.5, 0.6) is 0 Å². The first kappa shape index (κ1) is 23.3. The molecule has 4 aliphatic rings. The van der Waals surface area contributed by atoms with Crippen LogP contribution in [-0.2, 0) is 9.59 Å². The lowest BCUT2D eigenvalue weighted by Gasteiger charge is -2.34. The van der Waals surface area contributed by atoms with Gasteiger partial charge in [0.05, 0.1) is 0 Å². The lowest BCUT2D eigenvalue weighted by molar-refractivity contribution is -0.134. The monoisotopic (exact) mass is 504 g/mol. The third kappa shape index (κ3) is 4.32. The highest BCUT2D eigenvalue weighted by molar-refractivity contribution is 6.16. The zero-order valence-electron chi connectivity index (χ0n) is 21.6. The zero-order chi connectivity index (χ0) is 25.7. The summed E-state index contributed by atoms with van der Waals surface area (Å²) in [5.41, 5.74) is 5.02. The predicted molar refractivity (Wildman–Crippen MR) is 147 cm³/mol. The van der Waals surface area contributed by atoms with E-state index in [1.54, 1.807) is 6.20 Å². The van der Waals surface area contributed by atoms with Crippen LogP contribution in [-0.4, -0.2) is 57.6 Å². The summed E-state index contributed by atoms with van der Waals surface area (Å²) in [6.45, 7) is 2.32. The molecule has 38 heavy (non-hydrogen) atoms. The molecular weight excluding hydrogens is 472 g/mol. The largest absolute Gasteiger partial charge is 0.342 e. The summed E-state index contributed by atoms with van der Waals surface area (Å²) >= 11 is 0. The van der Waals surface area contributed by atoms with E-state index in [0.29, 0.717) is 18.4 Å². The van der Waals surface area contributed by atoms with Crippen LogP contribution in [0.2, 0.25) is 0 Å². The molecule has 3 aromatic rings. The van der Waals surface area contributed by atoms with Crippen LogP contribution in [0.15, 0.2) is 78.0 Å². The maximum atomic E-state index is 13.4. The van der Waals surface area contributed by atoms with E-state index in [1.807, 2.05) is 22.1 Å². The third-order valence-corrected chi connectivity index (χ3v) is 8.59. The van der Waals surface area contributed by atoms with E-state index in [1.165, 1.54) is 0 Å². The molecule has 1 aromatic heterocycles. The maximum absolute atomic E-state index is 13.4. The van der Waals surface area contributed by atoms with E-state index in [2.05, 4.69) is 59.6 Å². The first-order chi connectivity index (χ1) is 18.6. The Bertz CT molecular complexity index is 1380. The predicted octanol–water partition coefficient (Wildman–Crippen LogP) is 5.19. The number of likely N-dealkylation sites (tertiary alicyclic amines) is 1. The van der Waals surface area contributed by atoms with Crippen LogP contribution in [0.4, 0.5) is 0 Å². The summed E-state index contributed by atoms with van der Waals surface area (Å²) in [4.78, 5) is 39.0. The van der Waals surface area contributed by atoms with Gasteiger partial charge in [0.2, 0.25) is 5.91 Å². The van der Waals surface area contributed by atoms with Gasteiger partial charge in [-0.1, -0.05) is 54.6 Å². The Morgan fingerprint density at radius 2 is 1.42 bits per heavy atom. The Morgan fingerprint density at radius 3 is 1.97 bits per heavy atom. The van der Waals surface area contributed by atoms with Crippen molar-refractivity contribution in [3.8, 4) is 22.3 Å². The minimum atomic E-state index is -0.515. The summed E-state index contributed by atoms with van der Waals surface area (Å²) < 4.78 is 0. The molecule has 6 heteroatoms. The van der Waals surface area contributed by atoms with Crippen molar-refractivity contribution < 1.29 is 9.59 Å². The first-order valence-corrected chi connectivity index (χ1v) is 13.9. The molecule has 2 aromatic carbocycles. The molecule has 0 atom stereocenters. The highest BCUT2D eigenvalue weighted by atomic mass is 16.2. The molecule has 2 saturated carbocycles. The maximum Gasteiger partial charge on any atom is 0.256 e. The molecule has 0 unspecified atom stereocenters. The van der Waals surface area contributed by atoms with Gasteiger partial charge in [0, 0.05) is 43.5 Å². The number of benzene rings is 2. The van der Waals surface area contributed by atoms with Gasteiger partial charge in [-0.05, 0) is 72.8 Å². The van der Waals surface area contributed by atoms with Gasteiger partial charge in [0.25, 0.3) is 5.91 Å². The number of nitrogens with zero attached hydrogens (tertiary/aromatic N) is 4. The second-order valence-corrected chi connectivity index (χ2v) is 11.3. The molecule has 1 spiro atoms. The van der Waals surface area contributed by atoms with E-state index in [-0.39, 0.29) is 11.8 Å². The fraction of sp³-hybridized carbons (Fsp3) is 0.375. The number of rotatable bonds is 6. The average molecular weight is 505 g/mol. The number of piperidine rings is 1. The number of aromatic nitrogens is 1. The SMILES string of the molecule is O=C(C1CC1)N1CCC(CN2C(=O)C3(CC3)N=C2c2ccc(-c3ccc(-c4cccnc4)cc3)cc2)CC1. The smallest absolute Gasteiger partial charge is 0.256 e. The Morgan fingerprint density at radius 1 is 0.816 bits per heavy atom. The Hall–Kier alpha value is -3.80. The normalized spacial score (nSPS) is 20.6. The molecule has 0 N–H and O–H groups in total. The molecule has 0 bridgehead atoms. The van der Waals surface area contributed by atoms with Gasteiger partial charge in [-0.3, -0.25) is 24.5 Å². The second-order valence-electron chi connectivity index (χ2n) is 11.3. The Labute approximate surface area is 223 Å². The van der Waals surface area contributed by atoms with Crippen molar-refractivity contribution in [1.82, 2.24) is 14.8 Å². The van der Waals surface area contributed by atoms with Gasteiger partial charge in [0.1, 0.15) is 11.4 Å². The second kappa shape index (κ2) is 9.19. The van der Waals surface area contributed by atoms with Crippen molar-refractivity contribution in [2.24, 2.45) is 16.8 Å². The van der Waals surface area contributed by atoms with Crippen LogP contribution >= 0.6 is 0 Å². The summed E-state index contributed by atoms with van der Waals surface area (Å²) in [6.07, 6.45) is 9.38. The molecule has 0 radical (unpaired) electrons. The number of carbonyl (C=O) groups excluding carboxylic acids is 2. The van der Waals surface area contributed by atoms with Gasteiger partial charge in [0.15, 0.2) is 0 Å². The fourth-order valence-corrected chi connectivity index (χ4v) is 5.88. The quantitative estimate of drug-likeness (QED) is 0.464. The van der Waals surface area contributed by atoms with Crippen LogP contribution < -0.4 is 0 Å². The number of pyridine rings is 1. The zero-order valence-corrected chi connectivity index (χ0v) is 21.6. The van der Waals surface area contributed by atoms with E-state index in [0.717, 1.165) is 85.3 Å². The van der Waals surface area contributed by atoms with Gasteiger partial charge < -0.3 is 4.90 Å². The minimum Gasteiger partial charge on any atom is -0.342 e. The number of hydrogen-bond donors (Lipinski definition) is 0. The number of amidine groups is 1. The summed E-state index contributed by atoms with van der Waals surface area (Å²) in [5.74, 6) is 2.01. The minimum absolute atomic E-state index is 0.166. The fourth-order valence-electron chi connectivity index (χ4n) is 5.88. The van der Waals surface area contributed by atoms with Crippen molar-refractivity contribution in [3.05, 3.63) is 78.6 Å². The number of carbonyl (C=O) groups is 2. The molecule has 192 valence electrons. The van der Waals surface area contributed by atoms with E-state index in [9.17, 15) is 9.59 Å². The van der Waals surface area contributed by atoms with E-state index in [4.69, 9.17) is 4.99 Å². The summed E-state index contributed by atoms with van der Waals surface area (Å²) in [7, 11) is 0. The van der Waals surface area contributed by atoms with Gasteiger partial charge in [-0.25, -0.2) is 0 Å². The van der Waals surface area contributed by atoms with Crippen LogP contribution in [0.25, 0.3) is 22.3 Å². The third-order valence-electron chi connectivity index (χ3n) is 8.59.